The predicted molar refractivity (Wildman–Crippen MR) is 111 cm³/mol. The van der Waals surface area contributed by atoms with E-state index in [1.165, 1.54) is 0 Å². The van der Waals surface area contributed by atoms with Crippen molar-refractivity contribution in [3.63, 3.8) is 0 Å². The third-order valence-electron chi connectivity index (χ3n) is 4.50. The summed E-state index contributed by atoms with van der Waals surface area (Å²) in [5.41, 5.74) is 3.16. The molecule has 1 aliphatic heterocycles. The normalized spacial score (nSPS) is 14.7. The molecule has 0 atom stereocenters. The highest BCUT2D eigenvalue weighted by molar-refractivity contribution is 7.09. The lowest BCUT2D eigenvalue weighted by molar-refractivity contribution is -0.117. The minimum absolute atomic E-state index is 0.217. The zero-order valence-corrected chi connectivity index (χ0v) is 17.1. The first-order chi connectivity index (χ1) is 13.1. The summed E-state index contributed by atoms with van der Waals surface area (Å²) in [5.74, 6) is 1.08. The first-order valence-corrected chi connectivity index (χ1v) is 10.2. The second-order valence-corrected chi connectivity index (χ2v) is 7.76. The monoisotopic (exact) mass is 385 g/mol. The average molecular weight is 386 g/mol. The van der Waals surface area contributed by atoms with Crippen molar-refractivity contribution in [2.75, 3.05) is 25.0 Å². The van der Waals surface area contributed by atoms with Crippen LogP contribution < -0.4 is 10.2 Å². The molecule has 7 heteroatoms. The van der Waals surface area contributed by atoms with Crippen LogP contribution in [-0.4, -0.2) is 41.9 Å². The van der Waals surface area contributed by atoms with Gasteiger partial charge in [-0.25, -0.2) is 9.98 Å². The Hall–Kier alpha value is -2.41. The van der Waals surface area contributed by atoms with Gasteiger partial charge >= 0.3 is 0 Å². The molecule has 3 rings (SSSR count). The van der Waals surface area contributed by atoms with Gasteiger partial charge in [0.05, 0.1) is 23.8 Å². The summed E-state index contributed by atoms with van der Waals surface area (Å²) in [6.45, 7) is 7.05. The van der Waals surface area contributed by atoms with Crippen molar-refractivity contribution in [1.82, 2.24) is 15.2 Å². The molecule has 2 heterocycles. The molecule has 0 unspecified atom stereocenters. The van der Waals surface area contributed by atoms with Crippen LogP contribution in [0, 0.1) is 6.92 Å². The van der Waals surface area contributed by atoms with Crippen LogP contribution in [0.25, 0.3) is 0 Å². The van der Waals surface area contributed by atoms with E-state index in [0.717, 1.165) is 54.0 Å². The number of benzene rings is 1. The lowest BCUT2D eigenvalue weighted by Crippen LogP contribution is -2.38. The molecule has 1 fully saturated rings. The molecule has 0 bridgehead atoms. The molecule has 144 valence electrons. The summed E-state index contributed by atoms with van der Waals surface area (Å²) in [7, 11) is 2.03. The molecule has 1 aromatic heterocycles. The number of aliphatic imine (C=N–C) groups is 1. The Morgan fingerprint density at radius 1 is 1.37 bits per heavy atom. The molecule has 0 spiro atoms. The Balaban J connectivity index is 1.64. The Morgan fingerprint density at radius 3 is 2.74 bits per heavy atom. The van der Waals surface area contributed by atoms with Crippen LogP contribution in [0.4, 0.5) is 5.69 Å². The predicted octanol–water partition coefficient (Wildman–Crippen LogP) is 3.18. The van der Waals surface area contributed by atoms with Crippen molar-refractivity contribution in [3.8, 4) is 0 Å². The molecule has 6 nitrogen and oxygen atoms in total. The van der Waals surface area contributed by atoms with Crippen LogP contribution in [0.5, 0.6) is 0 Å². The number of nitrogens with zero attached hydrogens (tertiary/aromatic N) is 4. The third kappa shape index (κ3) is 5.07. The molecule has 1 saturated heterocycles. The highest BCUT2D eigenvalue weighted by Crippen LogP contribution is 2.21. The summed E-state index contributed by atoms with van der Waals surface area (Å²) in [6, 6.07) is 8.14. The minimum atomic E-state index is 0.217. The van der Waals surface area contributed by atoms with Crippen molar-refractivity contribution in [2.24, 2.45) is 4.99 Å². The highest BCUT2D eigenvalue weighted by atomic mass is 32.1. The lowest BCUT2D eigenvalue weighted by atomic mass is 10.2. The van der Waals surface area contributed by atoms with E-state index in [-0.39, 0.29) is 5.91 Å². The fraction of sp³-hybridized carbons (Fsp3) is 0.450. The molecular formula is C20H27N5OS. The maximum atomic E-state index is 11.9. The first-order valence-electron chi connectivity index (χ1n) is 9.36. The number of thiazole rings is 1. The molecule has 1 amide bonds. The number of carbonyl (C=O) groups is 1. The van der Waals surface area contributed by atoms with E-state index in [1.807, 2.05) is 31.0 Å². The van der Waals surface area contributed by atoms with Crippen LogP contribution in [0.15, 0.2) is 34.6 Å². The van der Waals surface area contributed by atoms with Gasteiger partial charge in [0.2, 0.25) is 5.91 Å². The van der Waals surface area contributed by atoms with Crippen molar-refractivity contribution in [3.05, 3.63) is 45.9 Å². The number of nitrogens with one attached hydrogen (secondary N) is 1. The fourth-order valence-corrected chi connectivity index (χ4v) is 3.74. The minimum Gasteiger partial charge on any atom is -0.357 e. The number of amides is 1. The Kier molecular flexibility index (Phi) is 6.45. The summed E-state index contributed by atoms with van der Waals surface area (Å²) in [6.07, 6.45) is 1.60. The number of aromatic nitrogens is 1. The summed E-state index contributed by atoms with van der Waals surface area (Å²) < 4.78 is 0. The van der Waals surface area contributed by atoms with E-state index < -0.39 is 0 Å². The number of hydrogen-bond donors (Lipinski definition) is 1. The highest BCUT2D eigenvalue weighted by Gasteiger charge is 2.21. The number of hydrogen-bond acceptors (Lipinski definition) is 4. The summed E-state index contributed by atoms with van der Waals surface area (Å²) in [4.78, 5) is 25.1. The van der Waals surface area contributed by atoms with E-state index in [4.69, 9.17) is 4.99 Å². The van der Waals surface area contributed by atoms with Gasteiger partial charge in [0.25, 0.3) is 0 Å². The maximum absolute atomic E-state index is 11.9. The molecule has 1 N–H and O–H groups in total. The molecule has 0 radical (unpaired) electrons. The van der Waals surface area contributed by atoms with E-state index in [9.17, 15) is 4.79 Å². The first kappa shape index (κ1) is 19.4. The largest absolute Gasteiger partial charge is 0.357 e. The standard InChI is InChI=1S/C20H27N5OS/c1-4-21-20(24(3)13-17-14-27-15(2)23-17)22-12-16-7-9-18(10-8-16)25-11-5-6-19(25)26/h7-10,14H,4-6,11-13H2,1-3H3,(H,21,22). The Morgan fingerprint density at radius 2 is 2.15 bits per heavy atom. The number of carbonyl (C=O) groups excluding carboxylic acids is 1. The molecule has 1 aromatic carbocycles. The van der Waals surface area contributed by atoms with Gasteiger partial charge in [0.1, 0.15) is 0 Å². The van der Waals surface area contributed by atoms with Crippen molar-refractivity contribution >= 4 is 28.9 Å². The SMILES string of the molecule is CCNC(=NCc1ccc(N2CCCC2=O)cc1)N(C)Cc1csc(C)n1. The van der Waals surface area contributed by atoms with Gasteiger partial charge in [-0.15, -0.1) is 11.3 Å². The van der Waals surface area contributed by atoms with Crippen LogP contribution >= 0.6 is 11.3 Å². The third-order valence-corrected chi connectivity index (χ3v) is 5.32. The van der Waals surface area contributed by atoms with E-state index in [2.05, 4.69) is 39.6 Å². The van der Waals surface area contributed by atoms with Gasteiger partial charge in [0.15, 0.2) is 5.96 Å². The molecule has 0 saturated carbocycles. The van der Waals surface area contributed by atoms with E-state index >= 15 is 0 Å². The van der Waals surface area contributed by atoms with Crippen LogP contribution in [0.3, 0.4) is 0 Å². The summed E-state index contributed by atoms with van der Waals surface area (Å²) in [5, 5.41) is 6.51. The second-order valence-electron chi connectivity index (χ2n) is 6.70. The Bertz CT molecular complexity index is 799. The van der Waals surface area contributed by atoms with Gasteiger partial charge in [-0.2, -0.15) is 0 Å². The number of guanidine groups is 1. The molecular weight excluding hydrogens is 358 g/mol. The lowest BCUT2D eigenvalue weighted by Gasteiger charge is -2.21. The maximum Gasteiger partial charge on any atom is 0.227 e. The molecule has 1 aliphatic rings. The van der Waals surface area contributed by atoms with E-state index in [1.54, 1.807) is 11.3 Å². The van der Waals surface area contributed by atoms with Gasteiger partial charge in [0, 0.05) is 37.6 Å². The van der Waals surface area contributed by atoms with Crippen LogP contribution in [-0.2, 0) is 17.9 Å². The topological polar surface area (TPSA) is 60.8 Å². The van der Waals surface area contributed by atoms with E-state index in [0.29, 0.717) is 13.0 Å². The van der Waals surface area contributed by atoms with Gasteiger partial charge in [-0.05, 0) is 38.0 Å². The Labute approximate surface area is 164 Å². The van der Waals surface area contributed by atoms with Crippen molar-refractivity contribution in [2.45, 2.75) is 39.8 Å². The number of aryl methyl sites for hydroxylation is 1. The average Bonchev–Trinajstić information content (AvgIpc) is 3.27. The quantitative estimate of drug-likeness (QED) is 0.613. The van der Waals surface area contributed by atoms with Gasteiger partial charge in [-0.1, -0.05) is 12.1 Å². The molecule has 0 aliphatic carbocycles. The van der Waals surface area contributed by atoms with Gasteiger partial charge < -0.3 is 15.1 Å². The smallest absolute Gasteiger partial charge is 0.227 e. The van der Waals surface area contributed by atoms with Crippen molar-refractivity contribution in [1.29, 1.82) is 0 Å². The van der Waals surface area contributed by atoms with Crippen LogP contribution in [0.2, 0.25) is 0 Å². The zero-order chi connectivity index (χ0) is 19.2. The molecule has 2 aromatic rings. The van der Waals surface area contributed by atoms with Gasteiger partial charge in [-0.3, -0.25) is 4.79 Å². The second kappa shape index (κ2) is 8.99. The van der Waals surface area contributed by atoms with Crippen LogP contribution in [0.1, 0.15) is 36.0 Å². The fourth-order valence-electron chi connectivity index (χ4n) is 3.14. The van der Waals surface area contributed by atoms with Crippen molar-refractivity contribution < 1.29 is 4.79 Å². The number of anilines is 1. The summed E-state index contributed by atoms with van der Waals surface area (Å²) >= 11 is 1.67. The molecule has 27 heavy (non-hydrogen) atoms. The zero-order valence-electron chi connectivity index (χ0n) is 16.2. The number of rotatable bonds is 6.